The van der Waals surface area contributed by atoms with E-state index >= 15 is 0 Å². The van der Waals surface area contributed by atoms with Gasteiger partial charge in [0.2, 0.25) is 0 Å². The maximum atomic E-state index is 12.2. The maximum Gasteiger partial charge on any atom is 0.277 e. The molecule has 126 valence electrons. The van der Waals surface area contributed by atoms with E-state index in [2.05, 4.69) is 0 Å². The summed E-state index contributed by atoms with van der Waals surface area (Å²) in [6.45, 7) is 0. The van der Waals surface area contributed by atoms with Gasteiger partial charge in [-0.3, -0.25) is 14.4 Å². The first kappa shape index (κ1) is 17.6. The van der Waals surface area contributed by atoms with Crippen molar-refractivity contribution in [3.05, 3.63) is 65.7 Å². The van der Waals surface area contributed by atoms with Crippen molar-refractivity contribution in [2.24, 2.45) is 0 Å². The molecule has 0 radical (unpaired) electrons. The number of sulfonamides is 1. The second-order valence-electron chi connectivity index (χ2n) is 4.81. The van der Waals surface area contributed by atoms with Crippen LogP contribution < -0.4 is 4.72 Å². The van der Waals surface area contributed by atoms with Crippen molar-refractivity contribution in [1.29, 1.82) is 0 Å². The molecule has 2 rings (SSSR count). The Morgan fingerprint density at radius 2 is 1.54 bits per heavy atom. The van der Waals surface area contributed by atoms with Crippen LogP contribution in [-0.2, 0) is 14.9 Å². The van der Waals surface area contributed by atoms with Crippen molar-refractivity contribution in [1.82, 2.24) is 9.79 Å². The number of nitrogens with zero attached hydrogens (tertiary/aromatic N) is 1. The van der Waals surface area contributed by atoms with E-state index in [0.29, 0.717) is 0 Å². The largest absolute Gasteiger partial charge is 0.277 e. The SMILES string of the molecule is CON(C)C(=O)c1ccc(S(=O)(=O)NC(=O)c2ccccc2)cc1. The van der Waals surface area contributed by atoms with Crippen LogP contribution in [-0.4, -0.2) is 39.5 Å². The maximum absolute atomic E-state index is 12.2. The molecular formula is C16H16N2O5S. The molecular weight excluding hydrogens is 332 g/mol. The second-order valence-corrected chi connectivity index (χ2v) is 6.49. The molecule has 8 heteroatoms. The van der Waals surface area contributed by atoms with Gasteiger partial charge < -0.3 is 0 Å². The molecule has 24 heavy (non-hydrogen) atoms. The van der Waals surface area contributed by atoms with Crippen molar-refractivity contribution in [3.8, 4) is 0 Å². The van der Waals surface area contributed by atoms with Gasteiger partial charge in [0.15, 0.2) is 0 Å². The highest BCUT2D eigenvalue weighted by molar-refractivity contribution is 7.90. The highest BCUT2D eigenvalue weighted by Crippen LogP contribution is 2.13. The Balaban J connectivity index is 2.18. The average molecular weight is 348 g/mol. The van der Waals surface area contributed by atoms with Gasteiger partial charge in [0.1, 0.15) is 0 Å². The lowest BCUT2D eigenvalue weighted by Gasteiger charge is -2.13. The van der Waals surface area contributed by atoms with Gasteiger partial charge in [-0.15, -0.1) is 0 Å². The molecule has 0 saturated carbocycles. The fourth-order valence-electron chi connectivity index (χ4n) is 1.87. The molecule has 2 aromatic rings. The van der Waals surface area contributed by atoms with Gasteiger partial charge in [0.25, 0.3) is 21.8 Å². The first-order valence-electron chi connectivity index (χ1n) is 6.89. The smallest absolute Gasteiger partial charge is 0.274 e. The van der Waals surface area contributed by atoms with Gasteiger partial charge in [-0.1, -0.05) is 18.2 Å². The number of rotatable bonds is 5. The molecule has 0 spiro atoms. The van der Waals surface area contributed by atoms with E-state index in [-0.39, 0.29) is 16.0 Å². The van der Waals surface area contributed by atoms with Gasteiger partial charge in [-0.2, -0.15) is 0 Å². The minimum atomic E-state index is -4.03. The molecule has 0 bridgehead atoms. The van der Waals surface area contributed by atoms with Crippen molar-refractivity contribution in [3.63, 3.8) is 0 Å². The third-order valence-electron chi connectivity index (χ3n) is 3.23. The fourth-order valence-corrected chi connectivity index (χ4v) is 2.84. The molecule has 0 unspecified atom stereocenters. The summed E-state index contributed by atoms with van der Waals surface area (Å²) in [4.78, 5) is 28.5. The first-order valence-corrected chi connectivity index (χ1v) is 8.38. The van der Waals surface area contributed by atoms with Gasteiger partial charge in [0, 0.05) is 18.2 Å². The Kier molecular flexibility index (Phi) is 5.32. The van der Waals surface area contributed by atoms with E-state index in [1.807, 2.05) is 4.72 Å². The van der Waals surface area contributed by atoms with E-state index in [1.165, 1.54) is 50.6 Å². The summed E-state index contributed by atoms with van der Waals surface area (Å²) in [5, 5.41) is 1.01. The van der Waals surface area contributed by atoms with E-state index in [1.54, 1.807) is 18.2 Å². The molecule has 7 nitrogen and oxygen atoms in total. The van der Waals surface area contributed by atoms with E-state index < -0.39 is 21.8 Å². The summed E-state index contributed by atoms with van der Waals surface area (Å²) in [6.07, 6.45) is 0. The molecule has 0 aliphatic heterocycles. The second kappa shape index (κ2) is 7.24. The zero-order chi connectivity index (χ0) is 17.7. The Labute approximate surface area is 139 Å². The number of carbonyl (C=O) groups is 2. The average Bonchev–Trinajstić information content (AvgIpc) is 2.61. The Hall–Kier alpha value is -2.71. The number of hydroxylamine groups is 2. The monoisotopic (exact) mass is 348 g/mol. The third kappa shape index (κ3) is 3.98. The standard InChI is InChI=1S/C16H16N2O5S/c1-18(23-2)16(20)13-8-10-14(11-9-13)24(21,22)17-15(19)12-6-4-3-5-7-12/h3-11H,1-2H3,(H,17,19). The Bertz CT molecular complexity index is 833. The summed E-state index contributed by atoms with van der Waals surface area (Å²) >= 11 is 0. The van der Waals surface area contributed by atoms with Crippen molar-refractivity contribution >= 4 is 21.8 Å². The quantitative estimate of drug-likeness (QED) is 0.826. The van der Waals surface area contributed by atoms with Crippen LogP contribution in [0, 0.1) is 0 Å². The summed E-state index contributed by atoms with van der Waals surface area (Å²) in [6, 6.07) is 13.2. The molecule has 0 saturated heterocycles. The van der Waals surface area contributed by atoms with E-state index in [9.17, 15) is 18.0 Å². The summed E-state index contributed by atoms with van der Waals surface area (Å²) in [7, 11) is -1.25. The van der Waals surface area contributed by atoms with Crippen LogP contribution >= 0.6 is 0 Å². The molecule has 0 heterocycles. The molecule has 0 aliphatic carbocycles. The van der Waals surface area contributed by atoms with Crippen molar-refractivity contribution in [2.45, 2.75) is 4.90 Å². The van der Waals surface area contributed by atoms with Crippen LogP contribution in [0.1, 0.15) is 20.7 Å². The Morgan fingerprint density at radius 1 is 0.958 bits per heavy atom. The normalized spacial score (nSPS) is 10.9. The van der Waals surface area contributed by atoms with Crippen LogP contribution in [0.4, 0.5) is 0 Å². The summed E-state index contributed by atoms with van der Waals surface area (Å²) in [5.41, 5.74) is 0.488. The predicted molar refractivity (Wildman–Crippen MR) is 86.6 cm³/mol. The van der Waals surface area contributed by atoms with Crippen LogP contribution in [0.15, 0.2) is 59.5 Å². The summed E-state index contributed by atoms with van der Waals surface area (Å²) < 4.78 is 26.5. The minimum Gasteiger partial charge on any atom is -0.274 e. The van der Waals surface area contributed by atoms with Crippen LogP contribution in [0.5, 0.6) is 0 Å². The first-order chi connectivity index (χ1) is 11.3. The lowest BCUT2D eigenvalue weighted by Crippen LogP contribution is -2.30. The van der Waals surface area contributed by atoms with E-state index in [0.717, 1.165) is 5.06 Å². The topological polar surface area (TPSA) is 92.8 Å². The highest BCUT2D eigenvalue weighted by atomic mass is 32.2. The number of benzene rings is 2. The van der Waals surface area contributed by atoms with E-state index in [4.69, 9.17) is 4.84 Å². The van der Waals surface area contributed by atoms with Gasteiger partial charge in [0.05, 0.1) is 12.0 Å². The lowest BCUT2D eigenvalue weighted by molar-refractivity contribution is -0.0757. The zero-order valence-electron chi connectivity index (χ0n) is 13.1. The third-order valence-corrected chi connectivity index (χ3v) is 4.58. The minimum absolute atomic E-state index is 0.122. The van der Waals surface area contributed by atoms with Gasteiger partial charge >= 0.3 is 0 Å². The number of amides is 2. The highest BCUT2D eigenvalue weighted by Gasteiger charge is 2.19. The van der Waals surface area contributed by atoms with Crippen LogP contribution in [0.3, 0.4) is 0 Å². The summed E-state index contributed by atoms with van der Waals surface area (Å²) in [5.74, 6) is -1.15. The molecule has 0 fully saturated rings. The molecule has 2 aromatic carbocycles. The van der Waals surface area contributed by atoms with Crippen LogP contribution in [0.2, 0.25) is 0 Å². The molecule has 0 atom stereocenters. The molecule has 2 amide bonds. The number of nitrogens with one attached hydrogen (secondary N) is 1. The van der Waals surface area contributed by atoms with Gasteiger partial charge in [-0.25, -0.2) is 18.2 Å². The molecule has 0 aromatic heterocycles. The number of carbonyl (C=O) groups excluding carboxylic acids is 2. The van der Waals surface area contributed by atoms with Crippen LogP contribution in [0.25, 0.3) is 0 Å². The van der Waals surface area contributed by atoms with Crippen molar-refractivity contribution in [2.75, 3.05) is 14.2 Å². The van der Waals surface area contributed by atoms with Gasteiger partial charge in [-0.05, 0) is 36.4 Å². The lowest BCUT2D eigenvalue weighted by atomic mass is 10.2. The Morgan fingerprint density at radius 3 is 2.08 bits per heavy atom. The van der Waals surface area contributed by atoms with Crippen molar-refractivity contribution < 1.29 is 22.8 Å². The predicted octanol–water partition coefficient (Wildman–Crippen LogP) is 1.44. The fraction of sp³-hybridized carbons (Fsp3) is 0.125. The number of hydrogen-bond donors (Lipinski definition) is 1. The molecule has 1 N–H and O–H groups in total. The molecule has 0 aliphatic rings. The number of hydrogen-bond acceptors (Lipinski definition) is 5. The zero-order valence-corrected chi connectivity index (χ0v) is 13.9.